The normalized spacial score (nSPS) is 19.1. The number of hydrogen-bond acceptors (Lipinski definition) is 4. The van der Waals surface area contributed by atoms with Gasteiger partial charge < -0.3 is 16.0 Å². The van der Waals surface area contributed by atoms with Gasteiger partial charge in [-0.25, -0.2) is 0 Å². The summed E-state index contributed by atoms with van der Waals surface area (Å²) in [4.78, 5) is 27.7. The first-order valence-electron chi connectivity index (χ1n) is 7.16. The summed E-state index contributed by atoms with van der Waals surface area (Å²) in [5, 5.41) is 2.83. The Morgan fingerprint density at radius 1 is 1.43 bits per heavy atom. The van der Waals surface area contributed by atoms with Crippen molar-refractivity contribution in [2.24, 2.45) is 0 Å². The van der Waals surface area contributed by atoms with Crippen LogP contribution in [0.5, 0.6) is 0 Å². The van der Waals surface area contributed by atoms with Gasteiger partial charge in [-0.1, -0.05) is 6.92 Å². The lowest BCUT2D eigenvalue weighted by atomic mass is 10.1. The highest BCUT2D eigenvalue weighted by molar-refractivity contribution is 5.95. The molecule has 1 aliphatic heterocycles. The van der Waals surface area contributed by atoms with Crippen LogP contribution in [0, 0.1) is 0 Å². The number of carbonyl (C=O) groups is 2. The third kappa shape index (κ3) is 3.52. The smallest absolute Gasteiger partial charge is 0.240 e. The second kappa shape index (κ2) is 6.58. The number of likely N-dealkylation sites (N-methyl/N-ethyl adjacent to an activating group) is 1. The minimum absolute atomic E-state index is 0.00619. The van der Waals surface area contributed by atoms with Gasteiger partial charge in [0.2, 0.25) is 11.8 Å². The van der Waals surface area contributed by atoms with Crippen molar-refractivity contribution in [3.63, 3.8) is 0 Å². The maximum Gasteiger partial charge on any atom is 0.240 e. The van der Waals surface area contributed by atoms with Crippen LogP contribution in [0.1, 0.15) is 13.3 Å². The Hall–Kier alpha value is -2.08. The van der Waals surface area contributed by atoms with Crippen molar-refractivity contribution < 1.29 is 9.59 Å². The zero-order valence-corrected chi connectivity index (χ0v) is 12.5. The number of rotatable bonds is 4. The molecule has 0 spiro atoms. The number of nitrogen functional groups attached to an aromatic ring is 1. The molecule has 1 saturated heterocycles. The first-order valence-corrected chi connectivity index (χ1v) is 7.16. The van der Waals surface area contributed by atoms with Gasteiger partial charge in [0.25, 0.3) is 0 Å². The Bertz CT molecular complexity index is 515. The van der Waals surface area contributed by atoms with Gasteiger partial charge in [-0.05, 0) is 30.7 Å². The van der Waals surface area contributed by atoms with Crippen molar-refractivity contribution in [1.82, 2.24) is 10.2 Å². The number of nitrogens with zero attached hydrogens (tertiary/aromatic N) is 2. The van der Waals surface area contributed by atoms with Gasteiger partial charge in [0.05, 0.1) is 12.6 Å². The summed E-state index contributed by atoms with van der Waals surface area (Å²) in [5.74, 6) is -0.0281. The lowest BCUT2D eigenvalue weighted by Gasteiger charge is -2.34. The van der Waals surface area contributed by atoms with E-state index in [1.54, 1.807) is 24.1 Å². The molecule has 6 heteroatoms. The minimum Gasteiger partial charge on any atom is -0.399 e. The van der Waals surface area contributed by atoms with Crippen molar-refractivity contribution in [2.75, 3.05) is 37.3 Å². The van der Waals surface area contributed by atoms with Gasteiger partial charge in [-0.2, -0.15) is 0 Å². The summed E-state index contributed by atoms with van der Waals surface area (Å²) < 4.78 is 0. The van der Waals surface area contributed by atoms with Crippen LogP contribution in [-0.2, 0) is 9.59 Å². The van der Waals surface area contributed by atoms with Crippen molar-refractivity contribution >= 4 is 23.2 Å². The number of piperazine rings is 1. The molecule has 0 aromatic heterocycles. The molecule has 0 bridgehead atoms. The predicted octanol–water partition coefficient (Wildman–Crippen LogP) is 0.442. The predicted molar refractivity (Wildman–Crippen MR) is 82.9 cm³/mol. The molecule has 2 amide bonds. The van der Waals surface area contributed by atoms with E-state index in [0.29, 0.717) is 25.2 Å². The lowest BCUT2D eigenvalue weighted by molar-refractivity contribution is -0.131. The molecule has 1 aliphatic rings. The summed E-state index contributed by atoms with van der Waals surface area (Å²) in [6.45, 7) is 3.49. The molecular weight excluding hydrogens is 268 g/mol. The summed E-state index contributed by atoms with van der Waals surface area (Å²) in [6.07, 6.45) is 0.699. The molecule has 0 saturated carbocycles. The molecule has 0 aliphatic carbocycles. The summed E-state index contributed by atoms with van der Waals surface area (Å²) in [5.41, 5.74) is 7.11. The highest BCUT2D eigenvalue weighted by Crippen LogP contribution is 2.16. The molecule has 2 rings (SSSR count). The quantitative estimate of drug-likeness (QED) is 0.789. The van der Waals surface area contributed by atoms with Crippen molar-refractivity contribution in [3.05, 3.63) is 24.3 Å². The van der Waals surface area contributed by atoms with Gasteiger partial charge in [0.15, 0.2) is 0 Å². The average molecular weight is 290 g/mol. The largest absolute Gasteiger partial charge is 0.399 e. The van der Waals surface area contributed by atoms with Crippen molar-refractivity contribution in [2.45, 2.75) is 19.4 Å². The van der Waals surface area contributed by atoms with Gasteiger partial charge in [0, 0.05) is 31.5 Å². The van der Waals surface area contributed by atoms with Crippen LogP contribution < -0.4 is 16.0 Å². The standard InChI is InChI=1S/C15H22N4O2/c1-3-13-15(21)17-8-9-19(13)10-14(20)18(2)12-6-4-11(16)5-7-12/h4-7,13H,3,8-10,16H2,1-2H3,(H,17,21). The average Bonchev–Trinajstić information content (AvgIpc) is 2.47. The number of hydrogen-bond donors (Lipinski definition) is 2. The molecule has 0 radical (unpaired) electrons. The molecule has 114 valence electrons. The zero-order chi connectivity index (χ0) is 15.4. The van der Waals surface area contributed by atoms with E-state index < -0.39 is 0 Å². The molecule has 21 heavy (non-hydrogen) atoms. The van der Waals surface area contributed by atoms with Crippen LogP contribution in [0.25, 0.3) is 0 Å². The summed E-state index contributed by atoms with van der Waals surface area (Å²) >= 11 is 0. The SMILES string of the molecule is CCC1C(=O)NCCN1CC(=O)N(C)c1ccc(N)cc1. The lowest BCUT2D eigenvalue weighted by Crippen LogP contribution is -2.57. The molecule has 1 aromatic carbocycles. The topological polar surface area (TPSA) is 78.7 Å². The van der Waals surface area contributed by atoms with Gasteiger partial charge in [-0.3, -0.25) is 14.5 Å². The minimum atomic E-state index is -0.220. The van der Waals surface area contributed by atoms with Crippen LogP contribution in [0.15, 0.2) is 24.3 Å². The van der Waals surface area contributed by atoms with Crippen LogP contribution in [0.4, 0.5) is 11.4 Å². The van der Waals surface area contributed by atoms with E-state index in [1.807, 2.05) is 24.0 Å². The summed E-state index contributed by atoms with van der Waals surface area (Å²) in [7, 11) is 1.73. The molecule has 1 fully saturated rings. The Labute approximate surface area is 124 Å². The number of anilines is 2. The third-order valence-electron chi connectivity index (χ3n) is 3.82. The second-order valence-electron chi connectivity index (χ2n) is 5.23. The highest BCUT2D eigenvalue weighted by atomic mass is 16.2. The van der Waals surface area contributed by atoms with E-state index in [9.17, 15) is 9.59 Å². The number of nitrogens with two attached hydrogens (primary N) is 1. The number of carbonyl (C=O) groups excluding carboxylic acids is 2. The molecule has 1 aromatic rings. The Balaban J connectivity index is 2.02. The number of nitrogens with one attached hydrogen (secondary N) is 1. The van der Waals surface area contributed by atoms with Crippen LogP contribution >= 0.6 is 0 Å². The van der Waals surface area contributed by atoms with Crippen molar-refractivity contribution in [1.29, 1.82) is 0 Å². The number of benzene rings is 1. The molecule has 1 atom stereocenters. The van der Waals surface area contributed by atoms with E-state index in [1.165, 1.54) is 0 Å². The molecule has 3 N–H and O–H groups in total. The highest BCUT2D eigenvalue weighted by Gasteiger charge is 2.30. The van der Waals surface area contributed by atoms with E-state index in [2.05, 4.69) is 5.32 Å². The first-order chi connectivity index (χ1) is 10.0. The molecule has 6 nitrogen and oxygen atoms in total. The maximum atomic E-state index is 12.4. The van der Waals surface area contributed by atoms with E-state index in [0.717, 1.165) is 5.69 Å². The monoisotopic (exact) mass is 290 g/mol. The Morgan fingerprint density at radius 3 is 2.71 bits per heavy atom. The fraction of sp³-hybridized carbons (Fsp3) is 0.467. The Morgan fingerprint density at radius 2 is 2.10 bits per heavy atom. The van der Waals surface area contributed by atoms with Gasteiger partial charge in [-0.15, -0.1) is 0 Å². The van der Waals surface area contributed by atoms with Crippen LogP contribution in [0.2, 0.25) is 0 Å². The second-order valence-corrected chi connectivity index (χ2v) is 5.23. The third-order valence-corrected chi connectivity index (χ3v) is 3.82. The van der Waals surface area contributed by atoms with Crippen LogP contribution in [-0.4, -0.2) is 49.4 Å². The van der Waals surface area contributed by atoms with E-state index in [-0.39, 0.29) is 24.4 Å². The fourth-order valence-corrected chi connectivity index (χ4v) is 2.52. The molecule has 1 heterocycles. The van der Waals surface area contributed by atoms with E-state index >= 15 is 0 Å². The Kier molecular flexibility index (Phi) is 4.80. The summed E-state index contributed by atoms with van der Waals surface area (Å²) in [6, 6.07) is 6.94. The first kappa shape index (κ1) is 15.3. The van der Waals surface area contributed by atoms with Crippen LogP contribution in [0.3, 0.4) is 0 Å². The zero-order valence-electron chi connectivity index (χ0n) is 12.5. The van der Waals surface area contributed by atoms with Gasteiger partial charge in [0.1, 0.15) is 0 Å². The molecule has 1 unspecified atom stereocenters. The molecular formula is C15H22N4O2. The van der Waals surface area contributed by atoms with Gasteiger partial charge >= 0.3 is 0 Å². The fourth-order valence-electron chi connectivity index (χ4n) is 2.52. The van der Waals surface area contributed by atoms with E-state index in [4.69, 9.17) is 5.73 Å². The number of amides is 2. The van der Waals surface area contributed by atoms with Crippen molar-refractivity contribution in [3.8, 4) is 0 Å². The maximum absolute atomic E-state index is 12.4.